The van der Waals surface area contributed by atoms with Gasteiger partial charge >= 0.3 is 5.97 Å². The van der Waals surface area contributed by atoms with Crippen molar-refractivity contribution in [1.82, 2.24) is 0 Å². The van der Waals surface area contributed by atoms with Crippen molar-refractivity contribution < 1.29 is 19.1 Å². The third kappa shape index (κ3) is 5.00. The van der Waals surface area contributed by atoms with Gasteiger partial charge in [-0.2, -0.15) is 0 Å². The second-order valence-electron chi connectivity index (χ2n) is 9.75. The average molecular weight is 458 g/mol. The molecule has 4 rings (SSSR count). The van der Waals surface area contributed by atoms with Gasteiger partial charge in [0.05, 0.1) is 6.42 Å². The summed E-state index contributed by atoms with van der Waals surface area (Å²) in [6, 6.07) is 20.0. The van der Waals surface area contributed by atoms with E-state index < -0.39 is 5.97 Å². The minimum Gasteiger partial charge on any atom is -0.488 e. The molecule has 0 aliphatic carbocycles. The number of hydrogen-bond donors (Lipinski definition) is 2. The predicted octanol–water partition coefficient (Wildman–Crippen LogP) is 6.37. The van der Waals surface area contributed by atoms with Crippen molar-refractivity contribution in [3.63, 3.8) is 0 Å². The monoisotopic (exact) mass is 457 g/mol. The first-order valence-corrected chi connectivity index (χ1v) is 11.4. The van der Waals surface area contributed by atoms with Crippen LogP contribution in [0.4, 0.5) is 0 Å². The number of ether oxygens (including phenoxy) is 1. The molecule has 4 aromatic rings. The van der Waals surface area contributed by atoms with Crippen LogP contribution in [0.2, 0.25) is 0 Å². The molecular formula is C29H31NO4. The highest BCUT2D eigenvalue weighted by molar-refractivity contribution is 5.87. The van der Waals surface area contributed by atoms with Crippen LogP contribution in [0.1, 0.15) is 48.8 Å². The molecule has 0 unspecified atom stereocenters. The Bertz CT molecular complexity index is 1340. The van der Waals surface area contributed by atoms with Crippen LogP contribution in [0.3, 0.4) is 0 Å². The standard InChI is InChI=1S/C29H31NO4/c1-18-8-9-22(15-27(31)32)26(12-18)33-17-24-23-14-21(20-7-5-6-19(13-20)16-30)10-11-25(23)34-28(24)29(2,3)4/h5-14H,15-17,30H2,1-4H3,(H,31,32). The molecule has 0 aliphatic heterocycles. The Balaban J connectivity index is 1.78. The van der Waals surface area contributed by atoms with E-state index >= 15 is 0 Å². The molecule has 5 nitrogen and oxygen atoms in total. The van der Waals surface area contributed by atoms with Crippen LogP contribution < -0.4 is 10.5 Å². The fourth-order valence-corrected chi connectivity index (χ4v) is 4.21. The third-order valence-corrected chi connectivity index (χ3v) is 5.90. The predicted molar refractivity (Wildman–Crippen MR) is 135 cm³/mol. The van der Waals surface area contributed by atoms with E-state index in [1.807, 2.05) is 43.3 Å². The van der Waals surface area contributed by atoms with Gasteiger partial charge in [0.2, 0.25) is 0 Å². The Labute approximate surface area is 200 Å². The normalized spacial score (nSPS) is 11.7. The summed E-state index contributed by atoms with van der Waals surface area (Å²) in [5.74, 6) is 0.563. The molecule has 176 valence electrons. The highest BCUT2D eigenvalue weighted by Crippen LogP contribution is 2.37. The molecule has 0 saturated heterocycles. The maximum Gasteiger partial charge on any atom is 0.307 e. The SMILES string of the molecule is Cc1ccc(CC(=O)O)c(OCc2c(C(C)(C)C)oc3ccc(-c4cccc(CN)c4)cc23)c1. The van der Waals surface area contributed by atoms with Gasteiger partial charge in [0.1, 0.15) is 23.7 Å². The average Bonchev–Trinajstić information content (AvgIpc) is 3.17. The van der Waals surface area contributed by atoms with E-state index in [1.165, 1.54) is 0 Å². The van der Waals surface area contributed by atoms with Crippen LogP contribution in [0, 0.1) is 6.92 Å². The molecule has 0 atom stereocenters. The molecule has 0 spiro atoms. The van der Waals surface area contributed by atoms with Gasteiger partial charge < -0.3 is 20.0 Å². The Morgan fingerprint density at radius 3 is 2.50 bits per heavy atom. The topological polar surface area (TPSA) is 85.7 Å². The summed E-state index contributed by atoms with van der Waals surface area (Å²) in [5, 5.41) is 10.3. The number of carbonyl (C=O) groups is 1. The van der Waals surface area contributed by atoms with Gasteiger partial charge in [0.25, 0.3) is 0 Å². The molecule has 0 radical (unpaired) electrons. The highest BCUT2D eigenvalue weighted by Gasteiger charge is 2.26. The zero-order chi connectivity index (χ0) is 24.5. The number of benzene rings is 3. The molecule has 1 aromatic heterocycles. The Morgan fingerprint density at radius 1 is 1.03 bits per heavy atom. The number of rotatable bonds is 7. The van der Waals surface area contributed by atoms with Crippen molar-refractivity contribution in [1.29, 1.82) is 0 Å². The molecule has 0 aliphatic rings. The van der Waals surface area contributed by atoms with E-state index in [2.05, 4.69) is 45.0 Å². The first kappa shape index (κ1) is 23.6. The molecule has 34 heavy (non-hydrogen) atoms. The summed E-state index contributed by atoms with van der Waals surface area (Å²) in [6.45, 7) is 9.08. The van der Waals surface area contributed by atoms with Gasteiger partial charge in [-0.05, 0) is 53.4 Å². The first-order valence-electron chi connectivity index (χ1n) is 11.4. The number of fused-ring (bicyclic) bond motifs is 1. The Morgan fingerprint density at radius 2 is 1.79 bits per heavy atom. The molecule has 3 N–H and O–H groups in total. The van der Waals surface area contributed by atoms with Crippen LogP contribution in [0.25, 0.3) is 22.1 Å². The largest absolute Gasteiger partial charge is 0.488 e. The molecule has 0 fully saturated rings. The lowest BCUT2D eigenvalue weighted by molar-refractivity contribution is -0.136. The Hall–Kier alpha value is -3.57. The first-order chi connectivity index (χ1) is 16.2. The van der Waals surface area contributed by atoms with E-state index in [4.69, 9.17) is 14.9 Å². The van der Waals surface area contributed by atoms with Gasteiger partial charge in [-0.15, -0.1) is 0 Å². The van der Waals surface area contributed by atoms with Crippen molar-refractivity contribution >= 4 is 16.9 Å². The molecule has 0 bridgehead atoms. The van der Waals surface area contributed by atoms with E-state index in [0.29, 0.717) is 17.9 Å². The summed E-state index contributed by atoms with van der Waals surface area (Å²) in [7, 11) is 0. The highest BCUT2D eigenvalue weighted by atomic mass is 16.5. The molecule has 5 heteroatoms. The fraction of sp³-hybridized carbons (Fsp3) is 0.276. The van der Waals surface area contributed by atoms with Crippen LogP contribution in [-0.2, 0) is 29.8 Å². The summed E-state index contributed by atoms with van der Waals surface area (Å²) < 4.78 is 12.6. The van der Waals surface area contributed by atoms with Crippen molar-refractivity contribution in [3.05, 3.63) is 88.7 Å². The fourth-order valence-electron chi connectivity index (χ4n) is 4.21. The zero-order valence-corrected chi connectivity index (χ0v) is 20.1. The van der Waals surface area contributed by atoms with Crippen LogP contribution >= 0.6 is 0 Å². The second kappa shape index (κ2) is 9.35. The smallest absolute Gasteiger partial charge is 0.307 e. The van der Waals surface area contributed by atoms with Crippen LogP contribution in [-0.4, -0.2) is 11.1 Å². The lowest BCUT2D eigenvalue weighted by Crippen LogP contribution is -2.14. The van der Waals surface area contributed by atoms with E-state index in [0.717, 1.165) is 44.5 Å². The van der Waals surface area contributed by atoms with Crippen molar-refractivity contribution in [2.24, 2.45) is 5.73 Å². The van der Waals surface area contributed by atoms with E-state index in [1.54, 1.807) is 0 Å². The lowest BCUT2D eigenvalue weighted by Gasteiger charge is -2.18. The minimum absolute atomic E-state index is 0.0878. The van der Waals surface area contributed by atoms with Gasteiger partial charge in [-0.3, -0.25) is 4.79 Å². The van der Waals surface area contributed by atoms with Crippen molar-refractivity contribution in [2.45, 2.75) is 52.7 Å². The number of furan rings is 1. The molecule has 1 heterocycles. The summed E-state index contributed by atoms with van der Waals surface area (Å²) in [6.07, 6.45) is -0.0878. The molecular weight excluding hydrogens is 426 g/mol. The number of carboxylic acid groups (broad SMARTS) is 1. The van der Waals surface area contributed by atoms with E-state index in [-0.39, 0.29) is 18.4 Å². The van der Waals surface area contributed by atoms with Crippen LogP contribution in [0.5, 0.6) is 5.75 Å². The number of nitrogens with two attached hydrogens (primary N) is 1. The summed E-state index contributed by atoms with van der Waals surface area (Å²) >= 11 is 0. The van der Waals surface area contributed by atoms with Gasteiger partial charge in [0, 0.05) is 28.5 Å². The summed E-state index contributed by atoms with van der Waals surface area (Å²) in [5.41, 5.74) is 12.3. The number of hydrogen-bond acceptors (Lipinski definition) is 4. The van der Waals surface area contributed by atoms with Crippen LogP contribution in [0.15, 0.2) is 65.1 Å². The Kier molecular flexibility index (Phi) is 6.49. The van der Waals surface area contributed by atoms with Gasteiger partial charge in [0.15, 0.2) is 0 Å². The number of carboxylic acids is 1. The van der Waals surface area contributed by atoms with Gasteiger partial charge in [-0.25, -0.2) is 0 Å². The maximum atomic E-state index is 11.3. The minimum atomic E-state index is -0.887. The maximum absolute atomic E-state index is 11.3. The van der Waals surface area contributed by atoms with Crippen molar-refractivity contribution in [3.8, 4) is 16.9 Å². The van der Waals surface area contributed by atoms with E-state index in [9.17, 15) is 9.90 Å². The third-order valence-electron chi connectivity index (χ3n) is 5.90. The molecule has 0 amide bonds. The van der Waals surface area contributed by atoms with Gasteiger partial charge in [-0.1, -0.05) is 57.2 Å². The lowest BCUT2D eigenvalue weighted by atomic mass is 9.89. The quantitative estimate of drug-likeness (QED) is 0.337. The second-order valence-corrected chi connectivity index (χ2v) is 9.75. The number of aryl methyl sites for hydroxylation is 1. The van der Waals surface area contributed by atoms with Crippen molar-refractivity contribution in [2.75, 3.05) is 0 Å². The number of aliphatic carboxylic acids is 1. The zero-order valence-electron chi connectivity index (χ0n) is 20.1. The molecule has 3 aromatic carbocycles. The summed E-state index contributed by atoms with van der Waals surface area (Å²) in [4.78, 5) is 11.3. The molecule has 0 saturated carbocycles.